The van der Waals surface area contributed by atoms with Gasteiger partial charge in [0.25, 0.3) is 0 Å². The summed E-state index contributed by atoms with van der Waals surface area (Å²) < 4.78 is 11.7. The second kappa shape index (κ2) is 5.19. The van der Waals surface area contributed by atoms with Gasteiger partial charge in [0.05, 0.1) is 12.7 Å². The third kappa shape index (κ3) is 3.07. The number of aliphatic carboxylic acids is 1. The minimum absolute atomic E-state index is 0.0161. The van der Waals surface area contributed by atoms with Crippen molar-refractivity contribution in [3.05, 3.63) is 11.6 Å². The molecule has 1 spiro atoms. The van der Waals surface area contributed by atoms with Crippen LogP contribution in [0.25, 0.3) is 0 Å². The van der Waals surface area contributed by atoms with Gasteiger partial charge in [-0.15, -0.1) is 0 Å². The van der Waals surface area contributed by atoms with Crippen molar-refractivity contribution in [2.24, 2.45) is 0 Å². The van der Waals surface area contributed by atoms with Gasteiger partial charge in [-0.1, -0.05) is 12.5 Å². The van der Waals surface area contributed by atoms with Gasteiger partial charge in [0, 0.05) is 18.4 Å². The van der Waals surface area contributed by atoms with E-state index in [1.807, 2.05) is 0 Å². The van der Waals surface area contributed by atoms with Gasteiger partial charge in [0.2, 0.25) is 0 Å². The summed E-state index contributed by atoms with van der Waals surface area (Å²) >= 11 is 0. The first-order chi connectivity index (χ1) is 8.11. The summed E-state index contributed by atoms with van der Waals surface area (Å²) in [6, 6.07) is 0. The predicted molar refractivity (Wildman–Crippen MR) is 62.7 cm³/mol. The van der Waals surface area contributed by atoms with Crippen LogP contribution in [0.1, 0.15) is 45.4 Å². The van der Waals surface area contributed by atoms with Gasteiger partial charge in [0.15, 0.2) is 5.79 Å². The Morgan fingerprint density at radius 1 is 1.41 bits per heavy atom. The van der Waals surface area contributed by atoms with Gasteiger partial charge in [-0.05, 0) is 26.2 Å². The average molecular weight is 240 g/mol. The summed E-state index contributed by atoms with van der Waals surface area (Å²) in [5.74, 6) is -1.22. The summed E-state index contributed by atoms with van der Waals surface area (Å²) in [6.07, 6.45) is 7.90. The van der Waals surface area contributed by atoms with E-state index in [2.05, 4.69) is 0 Å². The summed E-state index contributed by atoms with van der Waals surface area (Å²) in [7, 11) is 0. The van der Waals surface area contributed by atoms with Crippen LogP contribution >= 0.6 is 0 Å². The summed E-state index contributed by atoms with van der Waals surface area (Å²) in [6.45, 7) is 2.19. The molecule has 1 unspecified atom stereocenters. The molecule has 0 amide bonds. The quantitative estimate of drug-likeness (QED) is 0.770. The van der Waals surface area contributed by atoms with E-state index in [0.29, 0.717) is 18.6 Å². The van der Waals surface area contributed by atoms with Crippen LogP contribution in [0, 0.1) is 0 Å². The fraction of sp³-hybridized carbons (Fsp3) is 0.769. The molecule has 1 heterocycles. The molecule has 4 nitrogen and oxygen atoms in total. The molecular formula is C13H20O4. The fourth-order valence-electron chi connectivity index (χ4n) is 2.48. The van der Waals surface area contributed by atoms with Crippen LogP contribution in [0.5, 0.6) is 0 Å². The molecule has 96 valence electrons. The highest BCUT2D eigenvalue weighted by Gasteiger charge is 2.41. The number of hydrogen-bond acceptors (Lipinski definition) is 3. The van der Waals surface area contributed by atoms with Crippen molar-refractivity contribution in [2.45, 2.75) is 57.3 Å². The zero-order valence-electron chi connectivity index (χ0n) is 10.3. The highest BCUT2D eigenvalue weighted by atomic mass is 16.7. The number of hydrogen-bond donors (Lipinski definition) is 1. The van der Waals surface area contributed by atoms with Gasteiger partial charge < -0.3 is 14.6 Å². The topological polar surface area (TPSA) is 55.8 Å². The highest BCUT2D eigenvalue weighted by molar-refractivity contribution is 5.85. The molecule has 0 radical (unpaired) electrons. The Morgan fingerprint density at radius 3 is 2.76 bits per heavy atom. The maximum atomic E-state index is 10.7. The monoisotopic (exact) mass is 240 g/mol. The van der Waals surface area contributed by atoms with E-state index >= 15 is 0 Å². The first kappa shape index (κ1) is 12.6. The van der Waals surface area contributed by atoms with E-state index in [9.17, 15) is 4.79 Å². The van der Waals surface area contributed by atoms with Crippen LogP contribution in [0.2, 0.25) is 0 Å². The summed E-state index contributed by atoms with van der Waals surface area (Å²) in [5, 5.41) is 8.76. The Labute approximate surface area is 102 Å². The van der Waals surface area contributed by atoms with Crippen LogP contribution in [0.3, 0.4) is 0 Å². The second-order valence-corrected chi connectivity index (χ2v) is 4.95. The Kier molecular flexibility index (Phi) is 3.84. The lowest BCUT2D eigenvalue weighted by molar-refractivity contribution is -0.186. The van der Waals surface area contributed by atoms with E-state index < -0.39 is 5.97 Å². The van der Waals surface area contributed by atoms with Crippen molar-refractivity contribution in [3.8, 4) is 0 Å². The maximum absolute atomic E-state index is 10.7. The Bertz CT molecular complexity index is 315. The van der Waals surface area contributed by atoms with E-state index in [1.54, 1.807) is 13.0 Å². The molecule has 1 atom stereocenters. The maximum Gasteiger partial charge on any atom is 0.330 e. The molecule has 2 aliphatic rings. The molecule has 0 bridgehead atoms. The van der Waals surface area contributed by atoms with Crippen LogP contribution < -0.4 is 0 Å². The molecule has 17 heavy (non-hydrogen) atoms. The Balaban J connectivity index is 1.85. The number of carboxylic acids is 1. The van der Waals surface area contributed by atoms with Gasteiger partial charge in [-0.25, -0.2) is 4.79 Å². The van der Waals surface area contributed by atoms with E-state index in [1.165, 1.54) is 6.42 Å². The molecule has 2 rings (SSSR count). The second-order valence-electron chi connectivity index (χ2n) is 4.95. The van der Waals surface area contributed by atoms with Crippen molar-refractivity contribution in [1.29, 1.82) is 0 Å². The first-order valence-corrected chi connectivity index (χ1v) is 6.33. The van der Waals surface area contributed by atoms with Crippen LogP contribution in [0.15, 0.2) is 11.6 Å². The van der Waals surface area contributed by atoms with Gasteiger partial charge >= 0.3 is 5.97 Å². The van der Waals surface area contributed by atoms with E-state index in [4.69, 9.17) is 14.6 Å². The highest BCUT2D eigenvalue weighted by Crippen LogP contribution is 2.38. The minimum Gasteiger partial charge on any atom is -0.478 e. The van der Waals surface area contributed by atoms with E-state index in [-0.39, 0.29) is 11.9 Å². The predicted octanol–water partition coefficient (Wildman–Crippen LogP) is 2.48. The van der Waals surface area contributed by atoms with Crippen molar-refractivity contribution >= 4 is 5.97 Å². The van der Waals surface area contributed by atoms with Crippen LogP contribution in [-0.4, -0.2) is 29.6 Å². The third-order valence-electron chi connectivity index (χ3n) is 3.55. The lowest BCUT2D eigenvalue weighted by atomic mass is 9.94. The largest absolute Gasteiger partial charge is 0.478 e. The van der Waals surface area contributed by atoms with Gasteiger partial charge in [-0.3, -0.25) is 0 Å². The van der Waals surface area contributed by atoms with Crippen LogP contribution in [0.4, 0.5) is 0 Å². The van der Waals surface area contributed by atoms with Crippen molar-refractivity contribution < 1.29 is 19.4 Å². The van der Waals surface area contributed by atoms with Crippen molar-refractivity contribution in [1.82, 2.24) is 0 Å². The molecule has 1 N–H and O–H groups in total. The molecule has 2 fully saturated rings. The van der Waals surface area contributed by atoms with Crippen molar-refractivity contribution in [2.75, 3.05) is 6.61 Å². The number of carboxylic acid groups (broad SMARTS) is 1. The summed E-state index contributed by atoms with van der Waals surface area (Å²) in [4.78, 5) is 10.7. The zero-order valence-corrected chi connectivity index (χ0v) is 10.3. The van der Waals surface area contributed by atoms with Gasteiger partial charge in [-0.2, -0.15) is 0 Å². The Morgan fingerprint density at radius 2 is 2.12 bits per heavy atom. The smallest absolute Gasteiger partial charge is 0.330 e. The first-order valence-electron chi connectivity index (χ1n) is 6.33. The molecule has 1 aliphatic carbocycles. The van der Waals surface area contributed by atoms with E-state index in [0.717, 1.165) is 25.7 Å². The number of rotatable bonds is 3. The average Bonchev–Trinajstić information content (AvgIpc) is 2.70. The SMILES string of the molecule is CC(=CCC1COC2(CCCCC2)O1)C(=O)O. The number of ether oxygens (including phenoxy) is 2. The molecule has 0 aromatic heterocycles. The minimum atomic E-state index is -0.865. The van der Waals surface area contributed by atoms with Crippen LogP contribution in [-0.2, 0) is 14.3 Å². The molecule has 0 aromatic carbocycles. The zero-order chi connectivity index (χ0) is 12.3. The molecule has 0 aromatic rings. The Hall–Kier alpha value is -0.870. The molecule has 4 heteroatoms. The third-order valence-corrected chi connectivity index (χ3v) is 3.55. The molecule has 1 saturated carbocycles. The molecule has 1 saturated heterocycles. The number of carbonyl (C=O) groups is 1. The van der Waals surface area contributed by atoms with Gasteiger partial charge in [0.1, 0.15) is 0 Å². The fourth-order valence-corrected chi connectivity index (χ4v) is 2.48. The normalized spacial score (nSPS) is 28.5. The molecular weight excluding hydrogens is 220 g/mol. The standard InChI is InChI=1S/C13H20O4/c1-10(12(14)15)5-6-11-9-16-13(17-11)7-3-2-4-8-13/h5,11H,2-4,6-9H2,1H3,(H,14,15). The molecule has 1 aliphatic heterocycles. The van der Waals surface area contributed by atoms with Crippen molar-refractivity contribution in [3.63, 3.8) is 0 Å². The summed E-state index contributed by atoms with van der Waals surface area (Å²) in [5.41, 5.74) is 0.373. The lowest BCUT2D eigenvalue weighted by Crippen LogP contribution is -2.33. The lowest BCUT2D eigenvalue weighted by Gasteiger charge is -2.31.